The fourth-order valence-electron chi connectivity index (χ4n) is 2.02. The summed E-state index contributed by atoms with van der Waals surface area (Å²) in [5.74, 6) is -1.14. The second-order valence-electron chi connectivity index (χ2n) is 4.43. The van der Waals surface area contributed by atoms with E-state index in [-0.39, 0.29) is 33.6 Å². The molecule has 0 amide bonds. The average molecular weight is 321 g/mol. The lowest BCUT2D eigenvalue weighted by Crippen LogP contribution is -2.19. The van der Waals surface area contributed by atoms with Crippen molar-refractivity contribution in [1.82, 2.24) is 0 Å². The first kappa shape index (κ1) is 14.9. The summed E-state index contributed by atoms with van der Waals surface area (Å²) in [6.07, 6.45) is -0.249. The van der Waals surface area contributed by atoms with Gasteiger partial charge in [-0.05, 0) is 12.5 Å². The number of carboxylic acid groups (broad SMARTS) is 1. The maximum atomic E-state index is 11.4. The van der Waals surface area contributed by atoms with Crippen molar-refractivity contribution in [2.24, 2.45) is 0 Å². The molecule has 1 atom stereocenters. The van der Waals surface area contributed by atoms with Crippen molar-refractivity contribution in [2.45, 2.75) is 12.5 Å². The highest BCUT2D eigenvalue weighted by Gasteiger charge is 2.31. The largest absolute Gasteiger partial charge is 0.493 e. The molecule has 1 aliphatic heterocycles. The molecular weight excluding hydrogens is 308 g/mol. The maximum Gasteiger partial charge on any atom is 0.339 e. The normalized spacial score (nSPS) is 20.6. The van der Waals surface area contributed by atoms with Crippen LogP contribution in [0.25, 0.3) is 0 Å². The molecule has 1 unspecified atom stereocenters. The van der Waals surface area contributed by atoms with Crippen LogP contribution in [0.4, 0.5) is 0 Å². The molecule has 0 aliphatic carbocycles. The van der Waals surface area contributed by atoms with Gasteiger partial charge in [0.2, 0.25) is 0 Å². The highest BCUT2D eigenvalue weighted by molar-refractivity contribution is 7.91. The van der Waals surface area contributed by atoms with Crippen molar-refractivity contribution >= 4 is 27.4 Å². The van der Waals surface area contributed by atoms with E-state index in [9.17, 15) is 18.3 Å². The molecule has 0 spiro atoms. The molecule has 0 bridgehead atoms. The Morgan fingerprint density at radius 1 is 1.45 bits per heavy atom. The van der Waals surface area contributed by atoms with Crippen LogP contribution in [0.15, 0.2) is 12.1 Å². The third-order valence-corrected chi connectivity index (χ3v) is 4.90. The Morgan fingerprint density at radius 3 is 2.65 bits per heavy atom. The van der Waals surface area contributed by atoms with Gasteiger partial charge in [-0.25, -0.2) is 13.2 Å². The summed E-state index contributed by atoms with van der Waals surface area (Å²) in [6, 6.07) is 2.66. The van der Waals surface area contributed by atoms with E-state index >= 15 is 0 Å². The highest BCUT2D eigenvalue weighted by Crippen LogP contribution is 2.36. The van der Waals surface area contributed by atoms with Crippen LogP contribution in [0.3, 0.4) is 0 Å². The Hall–Kier alpha value is -1.47. The molecule has 0 saturated carbocycles. The number of hydrogen-bond acceptors (Lipinski definition) is 5. The Balaban J connectivity index is 2.37. The van der Waals surface area contributed by atoms with E-state index in [2.05, 4.69) is 0 Å². The second-order valence-corrected chi connectivity index (χ2v) is 7.10. The number of halogens is 1. The van der Waals surface area contributed by atoms with Crippen LogP contribution >= 0.6 is 11.6 Å². The maximum absolute atomic E-state index is 11.4. The van der Waals surface area contributed by atoms with E-state index in [1.807, 2.05) is 0 Å². The van der Waals surface area contributed by atoms with Crippen molar-refractivity contribution in [3.63, 3.8) is 0 Å². The zero-order chi connectivity index (χ0) is 14.9. The van der Waals surface area contributed by atoms with Crippen LogP contribution in [-0.2, 0) is 9.84 Å². The third kappa shape index (κ3) is 3.16. The van der Waals surface area contributed by atoms with Gasteiger partial charge in [-0.2, -0.15) is 0 Å². The standard InChI is InChI=1S/C12H13ClO6S/c1-18-10-5-7(13)4-9(12(14)15)11(10)19-8-2-3-20(16,17)6-8/h4-5,8H,2-3,6H2,1H3,(H,14,15). The van der Waals surface area contributed by atoms with Crippen LogP contribution in [0.5, 0.6) is 11.5 Å². The predicted molar refractivity (Wildman–Crippen MR) is 72.7 cm³/mol. The molecule has 110 valence electrons. The number of rotatable bonds is 4. The van der Waals surface area contributed by atoms with Gasteiger partial charge in [0.25, 0.3) is 0 Å². The molecule has 20 heavy (non-hydrogen) atoms. The fourth-order valence-corrected chi connectivity index (χ4v) is 3.82. The van der Waals surface area contributed by atoms with Gasteiger partial charge in [0.15, 0.2) is 21.3 Å². The Bertz CT molecular complexity index is 640. The van der Waals surface area contributed by atoms with Gasteiger partial charge in [-0.1, -0.05) is 11.6 Å². The topological polar surface area (TPSA) is 89.9 Å². The fraction of sp³-hybridized carbons (Fsp3) is 0.417. The van der Waals surface area contributed by atoms with Crippen molar-refractivity contribution in [3.05, 3.63) is 22.7 Å². The molecule has 2 rings (SSSR count). The monoisotopic (exact) mass is 320 g/mol. The van der Waals surface area contributed by atoms with Gasteiger partial charge < -0.3 is 14.6 Å². The van der Waals surface area contributed by atoms with Gasteiger partial charge >= 0.3 is 5.97 Å². The molecule has 6 nitrogen and oxygen atoms in total. The van der Waals surface area contributed by atoms with E-state index < -0.39 is 21.9 Å². The quantitative estimate of drug-likeness (QED) is 0.906. The molecular formula is C12H13ClO6S. The van der Waals surface area contributed by atoms with Gasteiger partial charge in [-0.15, -0.1) is 0 Å². The molecule has 8 heteroatoms. The minimum Gasteiger partial charge on any atom is -0.493 e. The SMILES string of the molecule is COc1cc(Cl)cc(C(=O)O)c1OC1CCS(=O)(=O)C1. The number of hydrogen-bond donors (Lipinski definition) is 1. The molecule has 1 heterocycles. The highest BCUT2D eigenvalue weighted by atomic mass is 35.5. The van der Waals surface area contributed by atoms with Crippen LogP contribution < -0.4 is 9.47 Å². The van der Waals surface area contributed by atoms with Gasteiger partial charge in [-0.3, -0.25) is 0 Å². The van der Waals surface area contributed by atoms with Crippen LogP contribution in [-0.4, -0.2) is 44.2 Å². The van der Waals surface area contributed by atoms with Gasteiger partial charge in [0, 0.05) is 11.1 Å². The number of carbonyl (C=O) groups is 1. The Labute approximate surface area is 121 Å². The predicted octanol–water partition coefficient (Wildman–Crippen LogP) is 1.61. The smallest absolute Gasteiger partial charge is 0.339 e. The van der Waals surface area contributed by atoms with Gasteiger partial charge in [0.05, 0.1) is 18.6 Å². The lowest BCUT2D eigenvalue weighted by molar-refractivity contribution is 0.0689. The average Bonchev–Trinajstić information content (AvgIpc) is 2.70. The van der Waals surface area contributed by atoms with Crippen LogP contribution in [0.2, 0.25) is 5.02 Å². The van der Waals surface area contributed by atoms with E-state index in [0.29, 0.717) is 6.42 Å². The number of carboxylic acids is 1. The summed E-state index contributed by atoms with van der Waals surface area (Å²) in [5.41, 5.74) is -0.154. The first-order valence-electron chi connectivity index (χ1n) is 5.80. The molecule has 1 N–H and O–H groups in total. The minimum atomic E-state index is -3.12. The van der Waals surface area contributed by atoms with Crippen molar-refractivity contribution in [3.8, 4) is 11.5 Å². The first-order valence-corrected chi connectivity index (χ1v) is 8.00. The lowest BCUT2D eigenvalue weighted by Gasteiger charge is -2.17. The van der Waals surface area contributed by atoms with Crippen LogP contribution in [0, 0.1) is 0 Å². The summed E-state index contributed by atoms with van der Waals surface area (Å²) in [5, 5.41) is 9.37. The lowest BCUT2D eigenvalue weighted by atomic mass is 10.2. The molecule has 1 fully saturated rings. The van der Waals surface area contributed by atoms with Crippen LogP contribution in [0.1, 0.15) is 16.8 Å². The van der Waals surface area contributed by atoms with E-state index in [1.165, 1.54) is 19.2 Å². The summed E-state index contributed by atoms with van der Waals surface area (Å²) < 4.78 is 33.4. The number of aromatic carboxylic acids is 1. The minimum absolute atomic E-state index is 0.00602. The first-order chi connectivity index (χ1) is 9.32. The second kappa shape index (κ2) is 5.49. The molecule has 1 aromatic carbocycles. The molecule has 1 saturated heterocycles. The van der Waals surface area contributed by atoms with E-state index in [0.717, 1.165) is 0 Å². The Morgan fingerprint density at radius 2 is 2.15 bits per heavy atom. The van der Waals surface area contributed by atoms with E-state index in [4.69, 9.17) is 21.1 Å². The summed E-state index contributed by atoms with van der Waals surface area (Å²) in [6.45, 7) is 0. The van der Waals surface area contributed by atoms with Gasteiger partial charge in [0.1, 0.15) is 11.7 Å². The molecule has 1 aliphatic rings. The zero-order valence-corrected chi connectivity index (χ0v) is 12.2. The number of methoxy groups -OCH3 is 1. The van der Waals surface area contributed by atoms with E-state index in [1.54, 1.807) is 0 Å². The summed E-state index contributed by atoms with van der Waals surface area (Å²) in [7, 11) is -1.76. The third-order valence-electron chi connectivity index (χ3n) is 2.95. The van der Waals surface area contributed by atoms with Crippen molar-refractivity contribution < 1.29 is 27.8 Å². The summed E-state index contributed by atoms with van der Waals surface area (Å²) >= 11 is 5.81. The summed E-state index contributed by atoms with van der Waals surface area (Å²) in [4.78, 5) is 11.2. The molecule has 0 aromatic heterocycles. The number of benzene rings is 1. The number of ether oxygens (including phenoxy) is 2. The Kier molecular flexibility index (Phi) is 4.10. The number of sulfone groups is 1. The zero-order valence-electron chi connectivity index (χ0n) is 10.6. The van der Waals surface area contributed by atoms with Crippen molar-refractivity contribution in [1.29, 1.82) is 0 Å². The van der Waals surface area contributed by atoms with Crippen molar-refractivity contribution in [2.75, 3.05) is 18.6 Å². The molecule has 0 radical (unpaired) electrons. The molecule has 1 aromatic rings.